The molecule has 0 aromatic carbocycles. The van der Waals surface area contributed by atoms with Gasteiger partial charge >= 0.3 is 0 Å². The molecule has 0 amide bonds. The molecule has 1 unspecified atom stereocenters. The maximum absolute atomic E-state index is 12.9. The van der Waals surface area contributed by atoms with Crippen LogP contribution in [-0.4, -0.2) is 46.2 Å². The first-order chi connectivity index (χ1) is 9.16. The number of hydrogen-bond donors (Lipinski definition) is 3. The SMILES string of the molecule is N[C@H]1CCC[C@@H]1NCCCCNN1CN(F)SC1Cl. The first-order valence-corrected chi connectivity index (χ1v) is 8.17. The second-order valence-corrected chi connectivity index (χ2v) is 6.82. The minimum absolute atomic E-state index is 0.202. The summed E-state index contributed by atoms with van der Waals surface area (Å²) in [7, 11) is 0. The minimum Gasteiger partial charge on any atom is -0.326 e. The molecule has 3 atom stereocenters. The third kappa shape index (κ3) is 5.00. The lowest BCUT2D eigenvalue weighted by Gasteiger charge is -2.19. The molecule has 2 fully saturated rings. The highest BCUT2D eigenvalue weighted by atomic mass is 35.5. The maximum atomic E-state index is 12.9. The van der Waals surface area contributed by atoms with E-state index in [-0.39, 0.29) is 11.5 Å². The van der Waals surface area contributed by atoms with Gasteiger partial charge in [0.05, 0.1) is 0 Å². The van der Waals surface area contributed by atoms with Gasteiger partial charge in [-0.2, -0.15) is 5.01 Å². The summed E-state index contributed by atoms with van der Waals surface area (Å²) in [5, 5.41) is 5.21. The fourth-order valence-electron chi connectivity index (χ4n) is 2.49. The summed E-state index contributed by atoms with van der Waals surface area (Å²) in [6.45, 7) is 2.01. The van der Waals surface area contributed by atoms with Crippen molar-refractivity contribution < 1.29 is 4.48 Å². The van der Waals surface area contributed by atoms with Crippen LogP contribution in [-0.2, 0) is 0 Å². The summed E-state index contributed by atoms with van der Waals surface area (Å²) in [5.74, 6) is 0. The number of nitrogens with zero attached hydrogens (tertiary/aromatic N) is 2. The van der Waals surface area contributed by atoms with Crippen LogP contribution in [0, 0.1) is 0 Å². The van der Waals surface area contributed by atoms with E-state index in [0.29, 0.717) is 16.6 Å². The van der Waals surface area contributed by atoms with Crippen LogP contribution < -0.4 is 16.5 Å². The Morgan fingerprint density at radius 1 is 1.32 bits per heavy atom. The molecule has 1 aliphatic heterocycles. The number of unbranched alkanes of at least 4 members (excludes halogenated alkanes) is 1. The van der Waals surface area contributed by atoms with Crippen LogP contribution in [0.1, 0.15) is 32.1 Å². The zero-order valence-corrected chi connectivity index (χ0v) is 12.6. The van der Waals surface area contributed by atoms with E-state index in [1.54, 1.807) is 5.01 Å². The average molecular weight is 312 g/mol. The third-order valence-corrected chi connectivity index (χ3v) is 4.85. The molecule has 19 heavy (non-hydrogen) atoms. The van der Waals surface area contributed by atoms with Gasteiger partial charge in [-0.25, -0.2) is 0 Å². The summed E-state index contributed by atoms with van der Waals surface area (Å²) < 4.78 is 13.5. The standard InChI is InChI=1S/C11H23ClFN5S/c12-11-17(8-18(13)19-11)16-7-2-1-6-15-10-5-3-4-9(10)14/h9-11,15-16H,1-8,14H2/t9-,10-,11?/m0/s1. The van der Waals surface area contributed by atoms with Crippen molar-refractivity contribution in [1.82, 2.24) is 20.3 Å². The summed E-state index contributed by atoms with van der Waals surface area (Å²) in [4.78, 5) is -0.361. The van der Waals surface area contributed by atoms with Crippen molar-refractivity contribution in [2.75, 3.05) is 19.8 Å². The molecule has 2 aliphatic rings. The van der Waals surface area contributed by atoms with Gasteiger partial charge in [-0.1, -0.05) is 22.5 Å². The lowest BCUT2D eigenvalue weighted by molar-refractivity contribution is 0.0752. The molecular formula is C11H23ClFN5S. The molecule has 2 rings (SSSR count). The van der Waals surface area contributed by atoms with Gasteiger partial charge < -0.3 is 11.1 Å². The van der Waals surface area contributed by atoms with E-state index in [1.165, 1.54) is 12.8 Å². The van der Waals surface area contributed by atoms with Crippen molar-refractivity contribution in [3.05, 3.63) is 0 Å². The van der Waals surface area contributed by atoms with E-state index >= 15 is 0 Å². The molecule has 0 aromatic rings. The molecule has 5 nitrogen and oxygen atoms in total. The van der Waals surface area contributed by atoms with Crippen molar-refractivity contribution in [3.8, 4) is 0 Å². The van der Waals surface area contributed by atoms with E-state index in [9.17, 15) is 4.48 Å². The monoisotopic (exact) mass is 311 g/mol. The zero-order valence-electron chi connectivity index (χ0n) is 11.0. The van der Waals surface area contributed by atoms with Crippen molar-refractivity contribution in [2.45, 2.75) is 49.0 Å². The highest BCUT2D eigenvalue weighted by molar-refractivity contribution is 7.98. The van der Waals surface area contributed by atoms with Gasteiger partial charge in [-0.3, -0.25) is 5.43 Å². The Morgan fingerprint density at radius 2 is 2.11 bits per heavy atom. The molecule has 0 spiro atoms. The molecular weight excluding hydrogens is 289 g/mol. The largest absolute Gasteiger partial charge is 0.326 e. The Labute approximate surface area is 123 Å². The van der Waals surface area contributed by atoms with Crippen LogP contribution in [0.15, 0.2) is 0 Å². The lowest BCUT2D eigenvalue weighted by Crippen LogP contribution is -2.42. The van der Waals surface area contributed by atoms with Crippen molar-refractivity contribution in [1.29, 1.82) is 0 Å². The average Bonchev–Trinajstić information content (AvgIpc) is 2.90. The van der Waals surface area contributed by atoms with E-state index in [2.05, 4.69) is 10.7 Å². The second-order valence-electron chi connectivity index (χ2n) is 5.10. The Bertz CT molecular complexity index is 275. The highest BCUT2D eigenvalue weighted by Gasteiger charge is 2.29. The van der Waals surface area contributed by atoms with Gasteiger partial charge in [0.2, 0.25) is 0 Å². The van der Waals surface area contributed by atoms with Crippen molar-refractivity contribution >= 4 is 23.5 Å². The molecule has 0 aromatic heterocycles. The van der Waals surface area contributed by atoms with Gasteiger partial charge in [-0.05, 0) is 44.2 Å². The number of hydrogen-bond acceptors (Lipinski definition) is 6. The van der Waals surface area contributed by atoms with E-state index in [1.807, 2.05) is 0 Å². The second kappa shape index (κ2) is 7.97. The molecule has 4 N–H and O–H groups in total. The Balaban J connectivity index is 1.46. The zero-order chi connectivity index (χ0) is 13.7. The van der Waals surface area contributed by atoms with Crippen LogP contribution >= 0.6 is 23.5 Å². The summed E-state index contributed by atoms with van der Waals surface area (Å²) >= 11 is 6.92. The molecule has 0 bridgehead atoms. The quantitative estimate of drug-likeness (QED) is 0.217. The van der Waals surface area contributed by atoms with E-state index in [4.69, 9.17) is 17.3 Å². The smallest absolute Gasteiger partial charge is 0.162 e. The summed E-state index contributed by atoms with van der Waals surface area (Å²) in [6, 6.07) is 0.822. The third-order valence-electron chi connectivity index (χ3n) is 3.60. The predicted octanol–water partition coefficient (Wildman–Crippen LogP) is 1.37. The van der Waals surface area contributed by atoms with Gasteiger partial charge in [0.15, 0.2) is 4.83 Å². The molecule has 8 heteroatoms. The number of rotatable bonds is 7. The van der Waals surface area contributed by atoms with Crippen molar-refractivity contribution in [3.63, 3.8) is 0 Å². The number of nitrogens with two attached hydrogens (primary N) is 1. The number of hydrazine groups is 1. The van der Waals surface area contributed by atoms with Crippen LogP contribution in [0.4, 0.5) is 4.48 Å². The first kappa shape index (κ1) is 15.8. The maximum Gasteiger partial charge on any atom is 0.162 e. The summed E-state index contributed by atoms with van der Waals surface area (Å²) in [6.07, 6.45) is 5.70. The minimum atomic E-state index is -0.361. The van der Waals surface area contributed by atoms with Crippen LogP contribution in [0.25, 0.3) is 0 Å². The van der Waals surface area contributed by atoms with Gasteiger partial charge in [-0.15, -0.1) is 4.48 Å². The molecule has 1 aliphatic carbocycles. The predicted molar refractivity (Wildman–Crippen MR) is 77.7 cm³/mol. The van der Waals surface area contributed by atoms with Crippen molar-refractivity contribution in [2.24, 2.45) is 5.73 Å². The Hall–Kier alpha value is 0.370. The fraction of sp³-hybridized carbons (Fsp3) is 1.00. The molecule has 1 saturated carbocycles. The van der Waals surface area contributed by atoms with Crippen LogP contribution in [0.5, 0.6) is 0 Å². The normalized spacial score (nSPS) is 33.3. The van der Waals surface area contributed by atoms with Crippen LogP contribution in [0.2, 0.25) is 0 Å². The van der Waals surface area contributed by atoms with Crippen LogP contribution in [0.3, 0.4) is 0 Å². The first-order valence-electron chi connectivity index (χ1n) is 6.90. The number of nitrogens with one attached hydrogen (secondary N) is 2. The molecule has 1 heterocycles. The number of halogens is 2. The Morgan fingerprint density at radius 3 is 2.74 bits per heavy atom. The number of alkyl halides is 1. The highest BCUT2D eigenvalue weighted by Crippen LogP contribution is 2.30. The molecule has 112 valence electrons. The molecule has 1 saturated heterocycles. The summed E-state index contributed by atoms with van der Waals surface area (Å²) in [5.41, 5.74) is 9.14. The van der Waals surface area contributed by atoms with E-state index < -0.39 is 0 Å². The van der Waals surface area contributed by atoms with Gasteiger partial charge in [0.1, 0.15) is 6.67 Å². The van der Waals surface area contributed by atoms with Gasteiger partial charge in [0.25, 0.3) is 0 Å². The molecule has 0 radical (unpaired) electrons. The Kier molecular flexibility index (Phi) is 6.61. The fourth-order valence-corrected chi connectivity index (χ4v) is 3.52. The van der Waals surface area contributed by atoms with E-state index in [0.717, 1.165) is 44.3 Å². The topological polar surface area (TPSA) is 56.6 Å². The lowest BCUT2D eigenvalue weighted by atomic mass is 10.2. The van der Waals surface area contributed by atoms with Gasteiger partial charge in [0, 0.05) is 18.6 Å².